The lowest BCUT2D eigenvalue weighted by atomic mass is 9.82. The normalized spacial score (nSPS) is 34.4. The van der Waals surface area contributed by atoms with Crippen molar-refractivity contribution in [1.29, 1.82) is 0 Å². The summed E-state index contributed by atoms with van der Waals surface area (Å²) < 4.78 is 0. The third-order valence-corrected chi connectivity index (χ3v) is 2.25. The van der Waals surface area contributed by atoms with Crippen LogP contribution >= 0.6 is 0 Å². The molecule has 1 rings (SSSR count). The standard InChI is InChI=1S/C8H14O2/c1-6-2-3-8(10)7(4-6)5-9/h6-7,9H,2-5H2,1H3/t6-,7+/m1/s1. The van der Waals surface area contributed by atoms with Gasteiger partial charge in [-0.15, -0.1) is 0 Å². The van der Waals surface area contributed by atoms with E-state index in [-0.39, 0.29) is 18.3 Å². The molecule has 0 radical (unpaired) electrons. The minimum Gasteiger partial charge on any atom is -0.396 e. The highest BCUT2D eigenvalue weighted by Gasteiger charge is 2.25. The fourth-order valence-electron chi connectivity index (χ4n) is 1.50. The molecule has 0 bridgehead atoms. The number of ketones is 1. The van der Waals surface area contributed by atoms with Crippen molar-refractivity contribution >= 4 is 5.78 Å². The second-order valence-corrected chi connectivity index (χ2v) is 3.23. The van der Waals surface area contributed by atoms with Gasteiger partial charge in [0, 0.05) is 12.3 Å². The summed E-state index contributed by atoms with van der Waals surface area (Å²) in [5, 5.41) is 8.76. The maximum absolute atomic E-state index is 11.0. The lowest BCUT2D eigenvalue weighted by molar-refractivity contribution is -0.126. The Morgan fingerprint density at radius 1 is 1.70 bits per heavy atom. The Morgan fingerprint density at radius 2 is 2.40 bits per heavy atom. The highest BCUT2D eigenvalue weighted by Crippen LogP contribution is 2.25. The largest absolute Gasteiger partial charge is 0.396 e. The summed E-state index contributed by atoms with van der Waals surface area (Å²) in [6, 6.07) is 0. The number of rotatable bonds is 1. The monoisotopic (exact) mass is 142 g/mol. The van der Waals surface area contributed by atoms with Crippen molar-refractivity contribution in [2.24, 2.45) is 11.8 Å². The van der Waals surface area contributed by atoms with Gasteiger partial charge in [0.05, 0.1) is 6.61 Å². The minimum absolute atomic E-state index is 0.0448. The van der Waals surface area contributed by atoms with Crippen LogP contribution < -0.4 is 0 Å². The summed E-state index contributed by atoms with van der Waals surface area (Å²) in [5.41, 5.74) is 0. The zero-order chi connectivity index (χ0) is 7.56. The summed E-state index contributed by atoms with van der Waals surface area (Å²) in [5.74, 6) is 0.819. The number of hydrogen-bond acceptors (Lipinski definition) is 2. The summed E-state index contributed by atoms with van der Waals surface area (Å²) in [6.07, 6.45) is 2.57. The summed E-state index contributed by atoms with van der Waals surface area (Å²) in [4.78, 5) is 11.0. The van der Waals surface area contributed by atoms with E-state index in [1.807, 2.05) is 0 Å². The van der Waals surface area contributed by atoms with Crippen molar-refractivity contribution in [3.63, 3.8) is 0 Å². The highest BCUT2D eigenvalue weighted by molar-refractivity contribution is 5.81. The van der Waals surface area contributed by atoms with Crippen LogP contribution in [0.15, 0.2) is 0 Å². The third-order valence-electron chi connectivity index (χ3n) is 2.25. The van der Waals surface area contributed by atoms with E-state index in [0.717, 1.165) is 12.8 Å². The Labute approximate surface area is 61.2 Å². The van der Waals surface area contributed by atoms with Gasteiger partial charge in [0.2, 0.25) is 0 Å². The number of aliphatic hydroxyl groups is 1. The van der Waals surface area contributed by atoms with Gasteiger partial charge in [0.15, 0.2) is 0 Å². The first-order valence-electron chi connectivity index (χ1n) is 3.87. The quantitative estimate of drug-likeness (QED) is 0.592. The van der Waals surface area contributed by atoms with Gasteiger partial charge in [0.1, 0.15) is 5.78 Å². The molecule has 2 nitrogen and oxygen atoms in total. The Hall–Kier alpha value is -0.370. The molecule has 0 saturated heterocycles. The van der Waals surface area contributed by atoms with E-state index < -0.39 is 0 Å². The molecule has 1 aliphatic carbocycles. The molecule has 1 aliphatic rings. The molecule has 0 heterocycles. The van der Waals surface area contributed by atoms with Crippen LogP contribution in [0.5, 0.6) is 0 Å². The molecule has 0 aliphatic heterocycles. The first kappa shape index (κ1) is 7.73. The average Bonchev–Trinajstić information content (AvgIpc) is 1.94. The molecular formula is C8H14O2. The molecule has 1 fully saturated rings. The summed E-state index contributed by atoms with van der Waals surface area (Å²) >= 11 is 0. The Bertz CT molecular complexity index is 131. The molecule has 0 aromatic rings. The molecule has 1 saturated carbocycles. The summed E-state index contributed by atoms with van der Waals surface area (Å²) in [7, 11) is 0. The first-order chi connectivity index (χ1) is 4.74. The topological polar surface area (TPSA) is 37.3 Å². The van der Waals surface area contributed by atoms with Crippen molar-refractivity contribution < 1.29 is 9.90 Å². The Kier molecular flexibility index (Phi) is 2.44. The Morgan fingerprint density at radius 3 is 2.90 bits per heavy atom. The third kappa shape index (κ3) is 1.57. The van der Waals surface area contributed by atoms with Gasteiger partial charge < -0.3 is 5.11 Å². The molecule has 1 N–H and O–H groups in total. The number of hydrogen-bond donors (Lipinski definition) is 1. The first-order valence-corrected chi connectivity index (χ1v) is 3.87. The zero-order valence-electron chi connectivity index (χ0n) is 6.34. The van der Waals surface area contributed by atoms with Crippen LogP contribution in [0.3, 0.4) is 0 Å². The molecule has 58 valence electrons. The molecular weight excluding hydrogens is 128 g/mol. The fraction of sp³-hybridized carbons (Fsp3) is 0.875. The number of Topliss-reactive ketones (excluding diaryl/α,β-unsaturated/α-hetero) is 1. The van der Waals surface area contributed by atoms with Crippen molar-refractivity contribution in [3.8, 4) is 0 Å². The fourth-order valence-corrected chi connectivity index (χ4v) is 1.50. The van der Waals surface area contributed by atoms with Crippen LogP contribution in [0.2, 0.25) is 0 Å². The SMILES string of the molecule is C[C@@H]1CCC(=O)[C@H](CO)C1. The predicted molar refractivity (Wildman–Crippen MR) is 38.6 cm³/mol. The second-order valence-electron chi connectivity index (χ2n) is 3.23. The molecule has 10 heavy (non-hydrogen) atoms. The summed E-state index contributed by atoms with van der Waals surface area (Å²) in [6.45, 7) is 2.18. The van der Waals surface area contributed by atoms with E-state index in [1.54, 1.807) is 0 Å². The van der Waals surface area contributed by atoms with Crippen LogP contribution in [0.25, 0.3) is 0 Å². The second kappa shape index (κ2) is 3.15. The van der Waals surface area contributed by atoms with Crippen molar-refractivity contribution in [2.75, 3.05) is 6.61 Å². The van der Waals surface area contributed by atoms with E-state index in [0.29, 0.717) is 12.3 Å². The van der Waals surface area contributed by atoms with Gasteiger partial charge in [-0.1, -0.05) is 6.92 Å². The molecule has 2 atom stereocenters. The van der Waals surface area contributed by atoms with Crippen molar-refractivity contribution in [2.45, 2.75) is 26.2 Å². The molecule has 0 aromatic heterocycles. The van der Waals surface area contributed by atoms with Gasteiger partial charge in [-0.2, -0.15) is 0 Å². The van der Waals surface area contributed by atoms with Gasteiger partial charge >= 0.3 is 0 Å². The van der Waals surface area contributed by atoms with Crippen LogP contribution in [0.1, 0.15) is 26.2 Å². The van der Waals surface area contributed by atoms with E-state index in [9.17, 15) is 4.79 Å². The van der Waals surface area contributed by atoms with Crippen molar-refractivity contribution in [1.82, 2.24) is 0 Å². The molecule has 2 heteroatoms. The van der Waals surface area contributed by atoms with Gasteiger partial charge in [-0.3, -0.25) is 4.79 Å². The number of carbonyl (C=O) groups is 1. The van der Waals surface area contributed by atoms with Crippen LogP contribution in [-0.4, -0.2) is 17.5 Å². The maximum Gasteiger partial charge on any atom is 0.138 e. The lowest BCUT2D eigenvalue weighted by Gasteiger charge is -2.23. The smallest absolute Gasteiger partial charge is 0.138 e. The van der Waals surface area contributed by atoms with Crippen LogP contribution in [0.4, 0.5) is 0 Å². The van der Waals surface area contributed by atoms with Crippen LogP contribution in [-0.2, 0) is 4.79 Å². The molecule has 0 aromatic carbocycles. The average molecular weight is 142 g/mol. The van der Waals surface area contributed by atoms with E-state index in [2.05, 4.69) is 6.92 Å². The maximum atomic E-state index is 11.0. The number of aliphatic hydroxyl groups excluding tert-OH is 1. The van der Waals surface area contributed by atoms with E-state index in [1.165, 1.54) is 0 Å². The van der Waals surface area contributed by atoms with E-state index in [4.69, 9.17) is 5.11 Å². The highest BCUT2D eigenvalue weighted by atomic mass is 16.3. The van der Waals surface area contributed by atoms with E-state index >= 15 is 0 Å². The Balaban J connectivity index is 2.45. The lowest BCUT2D eigenvalue weighted by Crippen LogP contribution is -2.26. The van der Waals surface area contributed by atoms with Gasteiger partial charge in [-0.25, -0.2) is 0 Å². The minimum atomic E-state index is -0.0521. The predicted octanol–water partition coefficient (Wildman–Crippen LogP) is 0.984. The molecule has 0 unspecified atom stereocenters. The van der Waals surface area contributed by atoms with Crippen LogP contribution in [0, 0.1) is 11.8 Å². The molecule has 0 amide bonds. The zero-order valence-corrected chi connectivity index (χ0v) is 6.34. The van der Waals surface area contributed by atoms with Gasteiger partial charge in [-0.05, 0) is 18.8 Å². The van der Waals surface area contributed by atoms with Crippen molar-refractivity contribution in [3.05, 3.63) is 0 Å². The van der Waals surface area contributed by atoms with Gasteiger partial charge in [0.25, 0.3) is 0 Å². The molecule has 0 spiro atoms. The number of carbonyl (C=O) groups excluding carboxylic acids is 1.